The number of nitrogens with two attached hydrogens (primary N) is 1. The summed E-state index contributed by atoms with van der Waals surface area (Å²) in [6.45, 7) is 2.19. The highest BCUT2D eigenvalue weighted by Crippen LogP contribution is 2.29. The minimum Gasteiger partial charge on any atom is -0.327 e. The van der Waals surface area contributed by atoms with Crippen molar-refractivity contribution in [2.45, 2.75) is 38.6 Å². The van der Waals surface area contributed by atoms with Crippen LogP contribution in [0.15, 0.2) is 24.3 Å². The lowest BCUT2D eigenvalue weighted by molar-refractivity contribution is -0.117. The molecular weight excluding hydrogens is 212 g/mol. The highest BCUT2D eigenvalue weighted by atomic mass is 16.2. The molecule has 0 radical (unpaired) electrons. The van der Waals surface area contributed by atoms with E-state index < -0.39 is 0 Å². The van der Waals surface area contributed by atoms with E-state index in [1.54, 1.807) is 0 Å². The summed E-state index contributed by atoms with van der Waals surface area (Å²) in [5.74, 6) is 0.0774. The van der Waals surface area contributed by atoms with Gasteiger partial charge in [-0.2, -0.15) is 0 Å². The lowest BCUT2D eigenvalue weighted by Crippen LogP contribution is -2.18. The van der Waals surface area contributed by atoms with Crippen molar-refractivity contribution in [3.8, 4) is 0 Å². The van der Waals surface area contributed by atoms with Gasteiger partial charge in [0.25, 0.3) is 0 Å². The fraction of sp³-hybridized carbons (Fsp3) is 0.500. The topological polar surface area (TPSA) is 55.1 Å². The van der Waals surface area contributed by atoms with Gasteiger partial charge >= 0.3 is 0 Å². The molecule has 92 valence electrons. The summed E-state index contributed by atoms with van der Waals surface area (Å²) in [7, 11) is 0. The van der Waals surface area contributed by atoms with Gasteiger partial charge < -0.3 is 11.1 Å². The first-order chi connectivity index (χ1) is 8.20. The summed E-state index contributed by atoms with van der Waals surface area (Å²) in [5.41, 5.74) is 7.84. The Morgan fingerprint density at radius 2 is 2.06 bits per heavy atom. The van der Waals surface area contributed by atoms with Crippen LogP contribution >= 0.6 is 0 Å². The van der Waals surface area contributed by atoms with Crippen LogP contribution in [0.5, 0.6) is 0 Å². The fourth-order valence-corrected chi connectivity index (χ4v) is 1.89. The van der Waals surface area contributed by atoms with E-state index >= 15 is 0 Å². The van der Waals surface area contributed by atoms with E-state index in [1.807, 2.05) is 12.1 Å². The smallest absolute Gasteiger partial charge is 0.229 e. The summed E-state index contributed by atoms with van der Waals surface area (Å²) in [4.78, 5) is 11.7. The lowest BCUT2D eigenvalue weighted by Gasteiger charge is -2.05. The average Bonchev–Trinajstić information content (AvgIpc) is 3.06. The number of nitrogens with one attached hydrogen (secondary N) is 1. The molecule has 1 aliphatic rings. The molecule has 3 heteroatoms. The van der Waals surface area contributed by atoms with Crippen LogP contribution in [0.1, 0.15) is 31.7 Å². The maximum absolute atomic E-state index is 11.7. The molecule has 3 nitrogen and oxygen atoms in total. The van der Waals surface area contributed by atoms with Crippen molar-refractivity contribution in [2.24, 2.45) is 11.7 Å². The molecule has 0 aliphatic heterocycles. The Bertz CT molecular complexity index is 386. The van der Waals surface area contributed by atoms with Gasteiger partial charge in [-0.3, -0.25) is 4.79 Å². The largest absolute Gasteiger partial charge is 0.327 e. The van der Waals surface area contributed by atoms with E-state index in [9.17, 15) is 4.79 Å². The van der Waals surface area contributed by atoms with Gasteiger partial charge in [0.15, 0.2) is 0 Å². The van der Waals surface area contributed by atoms with Crippen molar-refractivity contribution in [3.63, 3.8) is 0 Å². The number of anilines is 1. The third-order valence-corrected chi connectivity index (χ3v) is 3.22. The summed E-state index contributed by atoms with van der Waals surface area (Å²) < 4.78 is 0. The molecule has 3 N–H and O–H groups in total. The number of rotatable bonds is 5. The molecule has 1 aliphatic carbocycles. The summed E-state index contributed by atoms with van der Waals surface area (Å²) >= 11 is 0. The molecule has 0 saturated heterocycles. The van der Waals surface area contributed by atoms with Crippen LogP contribution in [0.25, 0.3) is 0 Å². The molecule has 1 aromatic rings. The van der Waals surface area contributed by atoms with E-state index in [-0.39, 0.29) is 17.9 Å². The van der Waals surface area contributed by atoms with Gasteiger partial charge in [0.1, 0.15) is 0 Å². The van der Waals surface area contributed by atoms with Crippen LogP contribution in [0, 0.1) is 5.92 Å². The van der Waals surface area contributed by atoms with Crippen LogP contribution < -0.4 is 11.1 Å². The predicted octanol–water partition coefficient (Wildman–Crippen LogP) is 2.31. The van der Waals surface area contributed by atoms with Crippen LogP contribution in [-0.4, -0.2) is 11.9 Å². The summed E-state index contributed by atoms with van der Waals surface area (Å²) in [6.07, 6.45) is 4.35. The van der Waals surface area contributed by atoms with Crippen molar-refractivity contribution < 1.29 is 4.79 Å². The van der Waals surface area contributed by atoms with Gasteiger partial charge in [0, 0.05) is 11.7 Å². The van der Waals surface area contributed by atoms with E-state index in [0.29, 0.717) is 0 Å². The number of hydrogen-bond acceptors (Lipinski definition) is 2. The minimum atomic E-state index is 0.0229. The van der Waals surface area contributed by atoms with Crippen LogP contribution in [-0.2, 0) is 11.2 Å². The molecule has 2 atom stereocenters. The molecule has 1 saturated carbocycles. The first-order valence-electron chi connectivity index (χ1n) is 6.36. The average molecular weight is 232 g/mol. The van der Waals surface area contributed by atoms with Gasteiger partial charge in [-0.1, -0.05) is 25.5 Å². The van der Waals surface area contributed by atoms with Crippen molar-refractivity contribution in [3.05, 3.63) is 29.8 Å². The second kappa shape index (κ2) is 5.32. The Labute approximate surface area is 102 Å². The van der Waals surface area contributed by atoms with Crippen LogP contribution in [0.2, 0.25) is 0 Å². The van der Waals surface area contributed by atoms with Gasteiger partial charge in [-0.25, -0.2) is 0 Å². The molecule has 1 aromatic carbocycles. The first-order valence-corrected chi connectivity index (χ1v) is 6.36. The number of aryl methyl sites for hydroxylation is 1. The maximum atomic E-state index is 11.7. The monoisotopic (exact) mass is 232 g/mol. The van der Waals surface area contributed by atoms with E-state index in [1.165, 1.54) is 18.4 Å². The number of hydrogen-bond donors (Lipinski definition) is 2. The van der Waals surface area contributed by atoms with Crippen LogP contribution in [0.4, 0.5) is 5.69 Å². The molecule has 0 spiro atoms. The molecule has 0 heterocycles. The third-order valence-electron chi connectivity index (χ3n) is 3.22. The highest BCUT2D eigenvalue weighted by Gasteiger charge is 2.39. The molecule has 0 bridgehead atoms. The number of benzene rings is 1. The van der Waals surface area contributed by atoms with E-state index in [4.69, 9.17) is 5.73 Å². The maximum Gasteiger partial charge on any atom is 0.229 e. The van der Waals surface area contributed by atoms with Crippen LogP contribution in [0.3, 0.4) is 0 Å². The standard InChI is InChI=1S/C14H20N2O/c1-2-3-4-10-5-7-11(8-6-10)16-14(17)12-9-13(12)15/h5-8,12-13H,2-4,9,15H2,1H3,(H,16,17). The Morgan fingerprint density at radius 1 is 1.41 bits per heavy atom. The molecule has 1 amide bonds. The number of carbonyl (C=O) groups excluding carboxylic acids is 1. The normalized spacial score (nSPS) is 22.2. The lowest BCUT2D eigenvalue weighted by atomic mass is 10.1. The Hall–Kier alpha value is -1.35. The summed E-state index contributed by atoms with van der Waals surface area (Å²) in [6, 6.07) is 8.17. The fourth-order valence-electron chi connectivity index (χ4n) is 1.89. The Kier molecular flexibility index (Phi) is 3.79. The second-order valence-electron chi connectivity index (χ2n) is 4.80. The zero-order valence-corrected chi connectivity index (χ0v) is 10.3. The molecular formula is C14H20N2O. The molecule has 2 rings (SSSR count). The number of carbonyl (C=O) groups is 1. The van der Waals surface area contributed by atoms with Gasteiger partial charge in [-0.05, 0) is 37.0 Å². The highest BCUT2D eigenvalue weighted by molar-refractivity contribution is 5.94. The number of amides is 1. The van der Waals surface area contributed by atoms with Crippen molar-refractivity contribution >= 4 is 11.6 Å². The van der Waals surface area contributed by atoms with E-state index in [2.05, 4.69) is 24.4 Å². The van der Waals surface area contributed by atoms with Gasteiger partial charge in [-0.15, -0.1) is 0 Å². The quantitative estimate of drug-likeness (QED) is 0.818. The zero-order valence-electron chi connectivity index (χ0n) is 10.3. The molecule has 17 heavy (non-hydrogen) atoms. The van der Waals surface area contributed by atoms with Crippen molar-refractivity contribution in [2.75, 3.05) is 5.32 Å². The zero-order chi connectivity index (χ0) is 12.3. The van der Waals surface area contributed by atoms with Crippen molar-refractivity contribution in [1.29, 1.82) is 0 Å². The van der Waals surface area contributed by atoms with Crippen molar-refractivity contribution in [1.82, 2.24) is 0 Å². The second-order valence-corrected chi connectivity index (χ2v) is 4.80. The van der Waals surface area contributed by atoms with Gasteiger partial charge in [0.2, 0.25) is 5.91 Å². The third kappa shape index (κ3) is 3.30. The Balaban J connectivity index is 1.87. The first kappa shape index (κ1) is 12.1. The predicted molar refractivity (Wildman–Crippen MR) is 69.8 cm³/mol. The molecule has 2 unspecified atom stereocenters. The minimum absolute atomic E-state index is 0.0229. The Morgan fingerprint density at radius 3 is 2.59 bits per heavy atom. The SMILES string of the molecule is CCCCc1ccc(NC(=O)C2CC2N)cc1. The number of unbranched alkanes of at least 4 members (excludes halogenated alkanes) is 1. The summed E-state index contributed by atoms with van der Waals surface area (Å²) in [5, 5.41) is 2.90. The van der Waals surface area contributed by atoms with Gasteiger partial charge in [0.05, 0.1) is 5.92 Å². The molecule has 1 fully saturated rings. The molecule has 0 aromatic heterocycles. The van der Waals surface area contributed by atoms with E-state index in [0.717, 1.165) is 18.5 Å².